The lowest BCUT2D eigenvalue weighted by atomic mass is 9.80. The molecule has 1 aliphatic carbocycles. The Morgan fingerprint density at radius 1 is 0.771 bits per heavy atom. The molecule has 7 aromatic rings. The number of esters is 1. The van der Waals surface area contributed by atoms with Gasteiger partial charge in [0, 0.05) is 139 Å². The van der Waals surface area contributed by atoms with Crippen molar-refractivity contribution in [2.24, 2.45) is 35.3 Å². The molecule has 9 heterocycles. The summed E-state index contributed by atoms with van der Waals surface area (Å²) in [5.74, 6) is -8.60. The second-order valence-electron chi connectivity index (χ2n) is 35.2. The topological polar surface area (TPSA) is 497 Å². The van der Waals surface area contributed by atoms with E-state index in [1.807, 2.05) is 85.5 Å². The third-order valence-electron chi connectivity index (χ3n) is 25.5. The van der Waals surface area contributed by atoms with Gasteiger partial charge in [-0.15, -0.1) is 5.10 Å². The third kappa shape index (κ3) is 26.9. The number of unbranched alkanes of at least 4 members (excludes halogenated alkanes) is 1. The zero-order valence-corrected chi connectivity index (χ0v) is 77.1. The molecule has 0 radical (unpaired) electrons. The first-order valence-corrected chi connectivity index (χ1v) is 47.3. The number of amides is 2. The average molecular weight is 1840 g/mol. The Labute approximate surface area is 764 Å². The van der Waals surface area contributed by atoms with Gasteiger partial charge in [0.05, 0.1) is 94.0 Å². The van der Waals surface area contributed by atoms with E-state index in [4.69, 9.17) is 74.6 Å². The number of ether oxygens (including phenoxy) is 8. The minimum absolute atomic E-state index is 0.00701. The zero-order chi connectivity index (χ0) is 93.5. The van der Waals surface area contributed by atoms with E-state index in [1.54, 1.807) is 69.0 Å². The number of aromatic nitrogens is 10. The number of hydrogen-bond donors (Lipinski definition) is 7. The number of aliphatic hydroxyl groups excluding tert-OH is 2. The fraction of sp³-hybridized carbons (Fsp3) is 0.591. The molecule has 5 aliphatic rings. The highest BCUT2D eigenvalue weighted by atomic mass is 32.2. The number of nitrogens with zero attached hydrogens (tertiary/aromatic N) is 13. The lowest BCUT2D eigenvalue weighted by Crippen LogP contribution is -2.61. The second kappa shape index (κ2) is 47.5. The van der Waals surface area contributed by atoms with Gasteiger partial charge in [-0.3, -0.25) is 24.0 Å². The number of aryl methyl sites for hydroxylation is 2. The summed E-state index contributed by atoms with van der Waals surface area (Å²) >= 11 is 0. The van der Waals surface area contributed by atoms with E-state index in [9.17, 15) is 52.5 Å². The summed E-state index contributed by atoms with van der Waals surface area (Å²) in [4.78, 5) is 110. The highest BCUT2D eigenvalue weighted by molar-refractivity contribution is 7.89. The van der Waals surface area contributed by atoms with Crippen molar-refractivity contribution in [3.63, 3.8) is 0 Å². The van der Waals surface area contributed by atoms with Crippen molar-refractivity contribution in [2.45, 2.75) is 225 Å². The molecule has 2 aromatic carbocycles. The summed E-state index contributed by atoms with van der Waals surface area (Å²) in [5.41, 5.74) is 26.4. The van der Waals surface area contributed by atoms with Crippen LogP contribution in [0.25, 0.3) is 44.5 Å². The zero-order valence-electron chi connectivity index (χ0n) is 76.3. The maximum atomic E-state index is 14.8. The number of oxazole rings is 1. The van der Waals surface area contributed by atoms with Crippen LogP contribution in [0.1, 0.15) is 149 Å². The van der Waals surface area contributed by atoms with E-state index in [2.05, 4.69) is 30.6 Å². The summed E-state index contributed by atoms with van der Waals surface area (Å²) in [6.45, 7) is 15.2. The minimum Gasteiger partial charge on any atom is -0.459 e. The number of piperazine rings is 1. The number of carbonyl (C=O) groups excluding carboxylic acids is 6. The van der Waals surface area contributed by atoms with Crippen molar-refractivity contribution in [1.82, 2.24) is 64.2 Å². The van der Waals surface area contributed by atoms with Gasteiger partial charge < -0.3 is 89.9 Å². The van der Waals surface area contributed by atoms with E-state index < -0.39 is 105 Å². The molecule has 38 heteroatoms. The van der Waals surface area contributed by atoms with Crippen molar-refractivity contribution in [3.8, 4) is 22.4 Å². The highest BCUT2D eigenvalue weighted by Crippen LogP contribution is 2.39. The molecule has 2 amide bonds. The summed E-state index contributed by atoms with van der Waals surface area (Å²) in [6.07, 6.45) is 17.0. The predicted octanol–water partition coefficient (Wildman–Crippen LogP) is 7.33. The fourth-order valence-corrected chi connectivity index (χ4v) is 19.1. The number of piperidine rings is 1. The number of Topliss-reactive ketones (excluding diaryl/α,β-unsaturated/α-hetero) is 3. The van der Waals surface area contributed by atoms with Crippen LogP contribution < -0.4 is 27.4 Å². The van der Waals surface area contributed by atoms with Crippen molar-refractivity contribution in [2.75, 3.05) is 115 Å². The fourth-order valence-electron chi connectivity index (χ4n) is 17.7. The summed E-state index contributed by atoms with van der Waals surface area (Å²) in [6, 6.07) is 11.2. The van der Waals surface area contributed by atoms with Crippen LogP contribution >= 0.6 is 0 Å². The molecule has 4 aliphatic heterocycles. The summed E-state index contributed by atoms with van der Waals surface area (Å²) in [7, 11) is -0.464. The molecule has 37 nitrogen and oxygen atoms in total. The Kier molecular flexibility index (Phi) is 36.3. The first kappa shape index (κ1) is 99.9. The van der Waals surface area contributed by atoms with Crippen LogP contribution in [0.2, 0.25) is 0 Å². The molecule has 15 atom stereocenters. The second-order valence-corrected chi connectivity index (χ2v) is 37.2. The van der Waals surface area contributed by atoms with E-state index in [1.165, 1.54) is 23.6 Å². The van der Waals surface area contributed by atoms with Crippen LogP contribution in [0.15, 0.2) is 119 Å². The number of sulfonamides is 1. The van der Waals surface area contributed by atoms with Gasteiger partial charge >= 0.3 is 5.97 Å². The van der Waals surface area contributed by atoms with Crippen molar-refractivity contribution >= 4 is 85.1 Å². The number of fused-ring (bicyclic) bond motifs is 5. The molecule has 5 aromatic heterocycles. The minimum atomic E-state index is -3.64. The largest absolute Gasteiger partial charge is 0.459 e. The maximum absolute atomic E-state index is 14.8. The number of hydrogen-bond acceptors (Lipinski definition) is 32. The highest BCUT2D eigenvalue weighted by Gasteiger charge is 2.53. The Morgan fingerprint density at radius 3 is 2.30 bits per heavy atom. The molecule has 2 bridgehead atoms. The van der Waals surface area contributed by atoms with Gasteiger partial charge in [0.1, 0.15) is 53.5 Å². The molecule has 1 saturated carbocycles. The third-order valence-corrected chi connectivity index (χ3v) is 27.4. The quantitative estimate of drug-likeness (QED) is 0.00938. The van der Waals surface area contributed by atoms with Crippen molar-refractivity contribution < 1.29 is 94.8 Å². The first-order chi connectivity index (χ1) is 63.0. The van der Waals surface area contributed by atoms with Gasteiger partial charge in [-0.05, 0) is 149 Å². The number of cyclic esters (lactones) is 1. The molecule has 8 unspecified atom stereocenters. The number of anilines is 3. The Bertz CT molecular complexity index is 5250. The number of rotatable bonds is 32. The molecule has 712 valence electrons. The normalized spacial score (nSPS) is 27.0. The number of aliphatic hydroxyl groups is 3. The number of nitrogens with one attached hydrogen (secondary N) is 1. The number of nitrogen functional groups attached to an aromatic ring is 2. The number of carbonyl (C=O) groups is 6. The van der Waals surface area contributed by atoms with E-state index in [-0.39, 0.29) is 119 Å². The van der Waals surface area contributed by atoms with Gasteiger partial charge in [0.25, 0.3) is 17.7 Å². The van der Waals surface area contributed by atoms with Crippen molar-refractivity contribution in [1.29, 1.82) is 0 Å². The average Bonchev–Trinajstić information content (AvgIpc) is 1.53. The molecule has 4 fully saturated rings. The standard InChI is InChI=1S/C93H129N17O20S/c1-58-17-10-9-11-18-59(2)77(122-7)51-70-25-22-63(6)93(119,130-70)86(116)89(117)109-31-14-12-21-73(109)90(118)128-78(52-74(111)60(3)46-62(5)84(114)85(115)83(113)61(4)45-58)71(94)48-64-23-26-76(79(49-64)123-8)127-56-65-19-16-20-66(47-65)68-53-98-92(99-54-68)106-33-35-108(36-34-106)131(120,121)44-29-69-55-107(105-103-69)37-39-125-41-43-126-42-40-124-38-28-80(112)97-30-13-15-32-110-88-81(87(95)100-57-101-88)82(104-110)67-24-27-75-72(50-67)102-91(96)129-75/h9-11,16-20,24,27,46-47,50,53-55,57-58,60-61,63-64,70-71,73,76-79,84-85,114-115,119H,12-15,21-23,25-26,28-45,48-49,51-52,56,94H2,1-8H3,(H2,96,102)(H,97,112)(H2,95,100,101)/b11-9+,17-10+,59-18+,62-46+/t58?,60?,61?,63-,64?,70+,71-,73+,76?,77?,78?,79-,84?,85+,93-/m1/s1. The Balaban J connectivity index is 0.551. The molecule has 10 N–H and O–H groups in total. The monoisotopic (exact) mass is 1840 g/mol. The summed E-state index contributed by atoms with van der Waals surface area (Å²) < 4.78 is 85.7. The molecule has 0 spiro atoms. The number of benzene rings is 2. The Morgan fingerprint density at radius 2 is 1.53 bits per heavy atom. The molecule has 131 heavy (non-hydrogen) atoms. The lowest BCUT2D eigenvalue weighted by molar-refractivity contribution is -0.265. The number of nitrogens with two attached hydrogens (primary N) is 3. The molecular weight excluding hydrogens is 1710 g/mol. The van der Waals surface area contributed by atoms with Crippen LogP contribution in [-0.2, 0) is 103 Å². The molecule has 3 saturated heterocycles. The first-order valence-electron chi connectivity index (χ1n) is 45.7. The van der Waals surface area contributed by atoms with Crippen LogP contribution in [0.5, 0.6) is 0 Å². The predicted molar refractivity (Wildman–Crippen MR) is 487 cm³/mol. The van der Waals surface area contributed by atoms with Crippen LogP contribution in [-0.4, -0.2) is 277 Å². The summed E-state index contributed by atoms with van der Waals surface area (Å²) in [5, 5.41) is 51.6. The SMILES string of the molecule is COC1C[C@@H]2CC[C@@H](C)[C@@](O)(O2)C(=O)C(=O)N2CCCC[C@H]2C(=O)OC([C@H](N)CC2CCC(OCc3cccc(-c4cnc(N5CCN(S(=O)(=O)CCc6cn(CCOCCOCCOCCC(=O)NCCCCn7nc(-c8ccc9oc(N)nc9c8)c8c(N)ncnc87)nn6)CC5)nc4)c3)[C@H](OC)C2)CC(=O)C(C)/C=C(\C)C(O)[C@@H](O)C(=O)C(C)CC(C)/C=C/C=C/C=C/1C. The van der Waals surface area contributed by atoms with Crippen LogP contribution in [0.4, 0.5) is 17.8 Å². The smallest absolute Gasteiger partial charge is 0.329 e. The van der Waals surface area contributed by atoms with Crippen LogP contribution in [0.3, 0.4) is 0 Å². The number of ketones is 3. The van der Waals surface area contributed by atoms with Gasteiger partial charge in [-0.2, -0.15) is 14.4 Å². The number of methoxy groups -OCH3 is 2. The van der Waals surface area contributed by atoms with E-state index in [0.29, 0.717) is 169 Å². The van der Waals surface area contributed by atoms with E-state index >= 15 is 0 Å². The Hall–Kier alpha value is -10.1. The van der Waals surface area contributed by atoms with Gasteiger partial charge in [0.15, 0.2) is 17.0 Å². The lowest BCUT2D eigenvalue weighted by Gasteiger charge is -2.42. The van der Waals surface area contributed by atoms with Crippen molar-refractivity contribution in [3.05, 3.63) is 126 Å². The van der Waals surface area contributed by atoms with Gasteiger partial charge in [0.2, 0.25) is 27.7 Å². The van der Waals surface area contributed by atoms with Crippen LogP contribution in [0, 0.1) is 29.6 Å². The van der Waals surface area contributed by atoms with Gasteiger partial charge in [-0.1, -0.05) is 87.6 Å². The molecule has 12 rings (SSSR count). The van der Waals surface area contributed by atoms with Gasteiger partial charge in [-0.25, -0.2) is 42.5 Å². The molecular formula is C93H129N17O20S. The number of allylic oxidation sites excluding steroid dienone is 6. The van der Waals surface area contributed by atoms with E-state index in [0.717, 1.165) is 39.1 Å². The maximum Gasteiger partial charge on any atom is 0.329 e.